The van der Waals surface area contributed by atoms with Gasteiger partial charge in [0, 0.05) is 18.7 Å². The zero-order valence-electron chi connectivity index (χ0n) is 15.6. The first-order valence-corrected chi connectivity index (χ1v) is 8.27. The highest BCUT2D eigenvalue weighted by atomic mass is 16.6. The predicted octanol–water partition coefficient (Wildman–Crippen LogP) is 1.62. The molecule has 9 heteroatoms. The SMILES string of the molecule is CO/N=C(\C)c1cccc(OCc2c(C)cccc2-n2nnn(C)c2=O)n1. The van der Waals surface area contributed by atoms with Gasteiger partial charge in [0.1, 0.15) is 19.4 Å². The van der Waals surface area contributed by atoms with Crippen molar-refractivity contribution in [1.82, 2.24) is 24.8 Å². The van der Waals surface area contributed by atoms with Crippen LogP contribution in [0.2, 0.25) is 0 Å². The molecule has 0 atom stereocenters. The molecule has 2 heterocycles. The maximum absolute atomic E-state index is 12.2. The molecule has 0 N–H and O–H groups in total. The fourth-order valence-corrected chi connectivity index (χ4v) is 2.56. The van der Waals surface area contributed by atoms with Gasteiger partial charge in [-0.2, -0.15) is 9.36 Å². The van der Waals surface area contributed by atoms with Gasteiger partial charge in [-0.25, -0.2) is 9.78 Å². The Morgan fingerprint density at radius 1 is 1.19 bits per heavy atom. The standard InChI is InChI=1S/C18H20N6O3/c1-12-7-5-9-16(24-18(25)23(3)21-22-24)14(12)11-27-17-10-6-8-15(19-17)13(2)20-26-4/h5-10H,11H2,1-4H3/b20-13+. The Bertz CT molecular complexity index is 1040. The molecule has 0 unspecified atom stereocenters. The molecule has 0 bridgehead atoms. The minimum atomic E-state index is -0.326. The molecule has 0 aliphatic heterocycles. The quantitative estimate of drug-likeness (QED) is 0.484. The minimum Gasteiger partial charge on any atom is -0.473 e. The second-order valence-corrected chi connectivity index (χ2v) is 5.88. The zero-order chi connectivity index (χ0) is 19.4. The second kappa shape index (κ2) is 7.81. The molecule has 0 fully saturated rings. The summed E-state index contributed by atoms with van der Waals surface area (Å²) in [7, 11) is 3.04. The molecule has 2 aromatic heterocycles. The topological polar surface area (TPSA) is 96.4 Å². The van der Waals surface area contributed by atoms with Gasteiger partial charge in [0.2, 0.25) is 5.88 Å². The zero-order valence-corrected chi connectivity index (χ0v) is 15.6. The van der Waals surface area contributed by atoms with E-state index in [1.165, 1.54) is 16.5 Å². The molecule has 0 radical (unpaired) electrons. The van der Waals surface area contributed by atoms with Crippen LogP contribution in [0.1, 0.15) is 23.7 Å². The predicted molar refractivity (Wildman–Crippen MR) is 99.1 cm³/mol. The maximum atomic E-state index is 12.2. The highest BCUT2D eigenvalue weighted by Gasteiger charge is 2.14. The number of hydrogen-bond donors (Lipinski definition) is 0. The first-order chi connectivity index (χ1) is 13.0. The maximum Gasteiger partial charge on any atom is 0.368 e. The van der Waals surface area contributed by atoms with E-state index in [1.807, 2.05) is 31.2 Å². The van der Waals surface area contributed by atoms with Crippen molar-refractivity contribution in [2.45, 2.75) is 20.5 Å². The van der Waals surface area contributed by atoms with Crippen LogP contribution in [0, 0.1) is 6.92 Å². The molecular formula is C18H20N6O3. The summed E-state index contributed by atoms with van der Waals surface area (Å²) < 4.78 is 8.30. The summed E-state index contributed by atoms with van der Waals surface area (Å²) in [5, 5.41) is 11.6. The third-order valence-corrected chi connectivity index (χ3v) is 4.02. The fourth-order valence-electron chi connectivity index (χ4n) is 2.56. The van der Waals surface area contributed by atoms with Crippen molar-refractivity contribution in [3.63, 3.8) is 0 Å². The van der Waals surface area contributed by atoms with Gasteiger partial charge in [0.15, 0.2) is 0 Å². The molecule has 140 valence electrons. The second-order valence-electron chi connectivity index (χ2n) is 5.88. The van der Waals surface area contributed by atoms with Crippen LogP contribution in [-0.2, 0) is 18.5 Å². The largest absolute Gasteiger partial charge is 0.473 e. The lowest BCUT2D eigenvalue weighted by Gasteiger charge is -2.13. The van der Waals surface area contributed by atoms with Crippen molar-refractivity contribution in [3.05, 3.63) is 63.7 Å². The summed E-state index contributed by atoms with van der Waals surface area (Å²) in [5.74, 6) is 0.443. The van der Waals surface area contributed by atoms with E-state index in [0.717, 1.165) is 11.1 Å². The molecule has 1 aromatic carbocycles. The number of tetrazole rings is 1. The lowest BCUT2D eigenvalue weighted by atomic mass is 10.1. The van der Waals surface area contributed by atoms with Crippen LogP contribution in [-0.4, -0.2) is 37.6 Å². The Morgan fingerprint density at radius 2 is 1.96 bits per heavy atom. The Kier molecular flexibility index (Phi) is 5.30. The summed E-state index contributed by atoms with van der Waals surface area (Å²) >= 11 is 0. The van der Waals surface area contributed by atoms with Crippen LogP contribution >= 0.6 is 0 Å². The van der Waals surface area contributed by atoms with Crippen molar-refractivity contribution >= 4 is 5.71 Å². The third kappa shape index (κ3) is 3.86. The van der Waals surface area contributed by atoms with Crippen molar-refractivity contribution in [1.29, 1.82) is 0 Å². The minimum absolute atomic E-state index is 0.224. The normalized spacial score (nSPS) is 11.5. The molecule has 0 aliphatic rings. The highest BCUT2D eigenvalue weighted by molar-refractivity contribution is 5.96. The monoisotopic (exact) mass is 368 g/mol. The number of rotatable bonds is 6. The first kappa shape index (κ1) is 18.3. The van der Waals surface area contributed by atoms with Gasteiger partial charge in [-0.3, -0.25) is 0 Å². The summed E-state index contributed by atoms with van der Waals surface area (Å²) in [6.45, 7) is 3.97. The molecule has 0 saturated carbocycles. The smallest absolute Gasteiger partial charge is 0.368 e. The summed E-state index contributed by atoms with van der Waals surface area (Å²) in [5.41, 5.74) is 3.40. The molecular weight excluding hydrogens is 348 g/mol. The van der Waals surface area contributed by atoms with Crippen LogP contribution < -0.4 is 10.4 Å². The van der Waals surface area contributed by atoms with Crippen molar-refractivity contribution in [3.8, 4) is 11.6 Å². The van der Waals surface area contributed by atoms with Gasteiger partial charge in [-0.15, -0.1) is 0 Å². The van der Waals surface area contributed by atoms with E-state index >= 15 is 0 Å². The lowest BCUT2D eigenvalue weighted by molar-refractivity contribution is 0.213. The van der Waals surface area contributed by atoms with E-state index in [2.05, 4.69) is 20.6 Å². The molecule has 0 amide bonds. The number of hydrogen-bond acceptors (Lipinski definition) is 7. The number of aryl methyl sites for hydroxylation is 2. The average Bonchev–Trinajstić information content (AvgIpc) is 3.00. The van der Waals surface area contributed by atoms with Crippen molar-refractivity contribution in [2.75, 3.05) is 7.11 Å². The van der Waals surface area contributed by atoms with E-state index in [4.69, 9.17) is 9.57 Å². The van der Waals surface area contributed by atoms with E-state index in [9.17, 15) is 4.79 Å². The summed E-state index contributed by atoms with van der Waals surface area (Å²) in [6, 6.07) is 11.0. The van der Waals surface area contributed by atoms with Crippen molar-refractivity contribution in [2.24, 2.45) is 12.2 Å². The van der Waals surface area contributed by atoms with Crippen LogP contribution in [0.4, 0.5) is 0 Å². The Hall–Kier alpha value is -3.49. The number of benzene rings is 1. The van der Waals surface area contributed by atoms with E-state index in [1.54, 1.807) is 26.1 Å². The Labute approximate surface area is 155 Å². The number of pyridine rings is 1. The fraction of sp³-hybridized carbons (Fsp3) is 0.278. The Balaban J connectivity index is 1.89. The van der Waals surface area contributed by atoms with Gasteiger partial charge < -0.3 is 9.57 Å². The molecule has 0 aliphatic carbocycles. The van der Waals surface area contributed by atoms with Gasteiger partial charge >= 0.3 is 5.69 Å². The molecule has 27 heavy (non-hydrogen) atoms. The highest BCUT2D eigenvalue weighted by Crippen LogP contribution is 2.19. The van der Waals surface area contributed by atoms with E-state index < -0.39 is 0 Å². The molecule has 0 spiro atoms. The third-order valence-electron chi connectivity index (χ3n) is 4.02. The van der Waals surface area contributed by atoms with E-state index in [-0.39, 0.29) is 12.3 Å². The van der Waals surface area contributed by atoms with E-state index in [0.29, 0.717) is 23.0 Å². The summed E-state index contributed by atoms with van der Waals surface area (Å²) in [4.78, 5) is 21.4. The van der Waals surface area contributed by atoms with Gasteiger partial charge in [-0.1, -0.05) is 23.4 Å². The van der Waals surface area contributed by atoms with Crippen LogP contribution in [0.3, 0.4) is 0 Å². The molecule has 3 aromatic rings. The molecule has 3 rings (SSSR count). The molecule has 9 nitrogen and oxygen atoms in total. The number of oxime groups is 1. The van der Waals surface area contributed by atoms with Gasteiger partial charge in [0.05, 0.1) is 11.4 Å². The van der Waals surface area contributed by atoms with Gasteiger partial charge in [-0.05, 0) is 42.0 Å². The molecule has 0 saturated heterocycles. The first-order valence-electron chi connectivity index (χ1n) is 8.27. The summed E-state index contributed by atoms with van der Waals surface area (Å²) in [6.07, 6.45) is 0. The van der Waals surface area contributed by atoms with Crippen molar-refractivity contribution < 1.29 is 9.57 Å². The van der Waals surface area contributed by atoms with Crippen LogP contribution in [0.15, 0.2) is 46.3 Å². The van der Waals surface area contributed by atoms with Gasteiger partial charge in [0.25, 0.3) is 0 Å². The van der Waals surface area contributed by atoms with Crippen LogP contribution in [0.5, 0.6) is 5.88 Å². The Morgan fingerprint density at radius 3 is 2.67 bits per heavy atom. The average molecular weight is 368 g/mol. The number of aromatic nitrogens is 5. The number of ether oxygens (including phenoxy) is 1. The lowest BCUT2D eigenvalue weighted by Crippen LogP contribution is -2.23. The van der Waals surface area contributed by atoms with Crippen LogP contribution in [0.25, 0.3) is 5.69 Å². The number of nitrogens with zero attached hydrogens (tertiary/aromatic N) is 6.